The van der Waals surface area contributed by atoms with Gasteiger partial charge in [0.2, 0.25) is 0 Å². The molecule has 2 aromatic rings. The lowest BCUT2D eigenvalue weighted by molar-refractivity contribution is 0.0735. The largest absolute Gasteiger partial charge is 0.496 e. The Morgan fingerprint density at radius 1 is 1.15 bits per heavy atom. The topological polar surface area (TPSA) is 48.0 Å². The fourth-order valence-electron chi connectivity index (χ4n) is 3.59. The molecule has 0 N–H and O–H groups in total. The van der Waals surface area contributed by atoms with Crippen LogP contribution in [-0.2, 0) is 0 Å². The van der Waals surface area contributed by atoms with Crippen LogP contribution in [0.2, 0.25) is 0 Å². The normalized spacial score (nSPS) is 18.7. The van der Waals surface area contributed by atoms with Crippen molar-refractivity contribution in [2.45, 2.75) is 18.9 Å². The van der Waals surface area contributed by atoms with Crippen LogP contribution in [0.15, 0.2) is 40.9 Å². The first-order valence-corrected chi connectivity index (χ1v) is 9.51. The first-order valence-electron chi connectivity index (χ1n) is 8.71. The maximum Gasteiger partial charge on any atom is 0.254 e. The molecule has 136 valence electrons. The molecule has 1 saturated heterocycles. The van der Waals surface area contributed by atoms with Gasteiger partial charge in [-0.3, -0.25) is 4.79 Å². The van der Waals surface area contributed by atoms with E-state index in [0.29, 0.717) is 24.5 Å². The van der Waals surface area contributed by atoms with Gasteiger partial charge in [0, 0.05) is 12.1 Å². The van der Waals surface area contributed by atoms with Crippen LogP contribution in [-0.4, -0.2) is 37.7 Å². The Morgan fingerprint density at radius 2 is 1.96 bits per heavy atom. The van der Waals surface area contributed by atoms with E-state index >= 15 is 0 Å². The van der Waals surface area contributed by atoms with E-state index in [1.54, 1.807) is 7.11 Å². The molecule has 1 fully saturated rings. The van der Waals surface area contributed by atoms with Gasteiger partial charge in [-0.15, -0.1) is 0 Å². The summed E-state index contributed by atoms with van der Waals surface area (Å²) in [4.78, 5) is 15.0. The standard InChI is InChI=1S/C20H20BrNO4/c1-24-17-6-5-14(11-15(17)21)20(23)22-8-2-3-16(22)13-4-7-18-19(12-13)26-10-9-25-18/h4-7,11-12,16H,2-3,8-10H2,1H3/t16-/m1/s1. The number of benzene rings is 2. The van der Waals surface area contributed by atoms with Gasteiger partial charge in [-0.2, -0.15) is 0 Å². The zero-order valence-electron chi connectivity index (χ0n) is 14.5. The molecule has 0 unspecified atom stereocenters. The second-order valence-electron chi connectivity index (χ2n) is 6.41. The summed E-state index contributed by atoms with van der Waals surface area (Å²) in [7, 11) is 1.61. The van der Waals surface area contributed by atoms with E-state index in [2.05, 4.69) is 15.9 Å². The predicted octanol–water partition coefficient (Wildman–Crippen LogP) is 4.21. The summed E-state index contributed by atoms with van der Waals surface area (Å²) in [6, 6.07) is 11.5. The van der Waals surface area contributed by atoms with Gasteiger partial charge >= 0.3 is 0 Å². The van der Waals surface area contributed by atoms with Crippen LogP contribution >= 0.6 is 15.9 Å². The minimum atomic E-state index is 0.0331. The van der Waals surface area contributed by atoms with Gasteiger partial charge in [0.15, 0.2) is 11.5 Å². The van der Waals surface area contributed by atoms with Crippen LogP contribution in [0.4, 0.5) is 0 Å². The summed E-state index contributed by atoms with van der Waals surface area (Å²) < 4.78 is 17.3. The van der Waals surface area contributed by atoms with Crippen molar-refractivity contribution < 1.29 is 19.0 Å². The van der Waals surface area contributed by atoms with E-state index in [4.69, 9.17) is 14.2 Å². The Balaban J connectivity index is 1.60. The lowest BCUT2D eigenvalue weighted by atomic mass is 10.0. The smallest absolute Gasteiger partial charge is 0.254 e. The number of methoxy groups -OCH3 is 1. The Kier molecular flexibility index (Phi) is 4.76. The highest BCUT2D eigenvalue weighted by atomic mass is 79.9. The molecular formula is C20H20BrNO4. The molecule has 2 aromatic carbocycles. The van der Waals surface area contributed by atoms with Gasteiger partial charge in [0.05, 0.1) is 17.6 Å². The van der Waals surface area contributed by atoms with E-state index < -0.39 is 0 Å². The highest BCUT2D eigenvalue weighted by Crippen LogP contribution is 2.39. The van der Waals surface area contributed by atoms with Crippen molar-refractivity contribution in [1.29, 1.82) is 0 Å². The molecular weight excluding hydrogens is 398 g/mol. The van der Waals surface area contributed by atoms with E-state index in [0.717, 1.165) is 40.9 Å². The Morgan fingerprint density at radius 3 is 2.73 bits per heavy atom. The van der Waals surface area contributed by atoms with Gasteiger partial charge in [-0.05, 0) is 64.7 Å². The van der Waals surface area contributed by atoms with Crippen LogP contribution < -0.4 is 14.2 Å². The van der Waals surface area contributed by atoms with Crippen LogP contribution in [0, 0.1) is 0 Å². The summed E-state index contributed by atoms with van der Waals surface area (Å²) >= 11 is 3.46. The van der Waals surface area contributed by atoms with E-state index in [1.807, 2.05) is 41.3 Å². The first kappa shape index (κ1) is 17.2. The molecule has 0 radical (unpaired) electrons. The fraction of sp³-hybridized carbons (Fsp3) is 0.350. The lowest BCUT2D eigenvalue weighted by Crippen LogP contribution is -2.30. The van der Waals surface area contributed by atoms with Gasteiger partial charge in [-0.1, -0.05) is 6.07 Å². The highest BCUT2D eigenvalue weighted by molar-refractivity contribution is 9.10. The summed E-state index contributed by atoms with van der Waals surface area (Å²) in [6.07, 6.45) is 1.94. The lowest BCUT2D eigenvalue weighted by Gasteiger charge is -2.27. The molecule has 0 bridgehead atoms. The second-order valence-corrected chi connectivity index (χ2v) is 7.26. The summed E-state index contributed by atoms with van der Waals surface area (Å²) in [5.41, 5.74) is 1.75. The van der Waals surface area contributed by atoms with Crippen LogP contribution in [0.5, 0.6) is 17.2 Å². The molecule has 5 nitrogen and oxygen atoms in total. The minimum Gasteiger partial charge on any atom is -0.496 e. The molecule has 6 heteroatoms. The van der Waals surface area contributed by atoms with E-state index in [9.17, 15) is 4.79 Å². The van der Waals surface area contributed by atoms with Crippen molar-refractivity contribution in [3.8, 4) is 17.2 Å². The third-order valence-corrected chi connectivity index (χ3v) is 5.48. The number of carbonyl (C=O) groups is 1. The summed E-state index contributed by atoms with van der Waals surface area (Å²) in [5, 5.41) is 0. The Hall–Kier alpha value is -2.21. The average Bonchev–Trinajstić information content (AvgIpc) is 3.16. The average molecular weight is 418 g/mol. The number of ether oxygens (including phenoxy) is 3. The molecule has 0 saturated carbocycles. The maximum atomic E-state index is 13.1. The second kappa shape index (κ2) is 7.19. The maximum absolute atomic E-state index is 13.1. The summed E-state index contributed by atoms with van der Waals surface area (Å²) in [6.45, 7) is 1.89. The number of fused-ring (bicyclic) bond motifs is 1. The predicted molar refractivity (Wildman–Crippen MR) is 101 cm³/mol. The quantitative estimate of drug-likeness (QED) is 0.750. The molecule has 2 aliphatic heterocycles. The van der Waals surface area contributed by atoms with Gasteiger partial charge in [0.25, 0.3) is 5.91 Å². The molecule has 2 aliphatic rings. The number of likely N-dealkylation sites (tertiary alicyclic amines) is 1. The number of hydrogen-bond donors (Lipinski definition) is 0. The van der Waals surface area contributed by atoms with Crippen molar-refractivity contribution in [2.24, 2.45) is 0 Å². The van der Waals surface area contributed by atoms with Gasteiger partial charge in [0.1, 0.15) is 19.0 Å². The Labute approximate surface area is 161 Å². The molecule has 26 heavy (non-hydrogen) atoms. The number of hydrogen-bond acceptors (Lipinski definition) is 4. The van der Waals surface area contributed by atoms with Crippen molar-refractivity contribution in [1.82, 2.24) is 4.90 Å². The summed E-state index contributed by atoms with van der Waals surface area (Å²) in [5.74, 6) is 2.28. The van der Waals surface area contributed by atoms with Gasteiger partial charge in [-0.25, -0.2) is 0 Å². The number of rotatable bonds is 3. The zero-order chi connectivity index (χ0) is 18.1. The van der Waals surface area contributed by atoms with Crippen molar-refractivity contribution >= 4 is 21.8 Å². The molecule has 1 amide bonds. The number of halogens is 1. The Bertz CT molecular complexity index is 839. The van der Waals surface area contributed by atoms with Crippen molar-refractivity contribution in [3.63, 3.8) is 0 Å². The third-order valence-electron chi connectivity index (χ3n) is 4.86. The molecule has 1 atom stereocenters. The van der Waals surface area contributed by atoms with Crippen LogP contribution in [0.1, 0.15) is 34.8 Å². The van der Waals surface area contributed by atoms with E-state index in [-0.39, 0.29) is 11.9 Å². The first-order chi connectivity index (χ1) is 12.7. The monoisotopic (exact) mass is 417 g/mol. The molecule has 4 rings (SSSR count). The SMILES string of the molecule is COc1ccc(C(=O)N2CCC[C@@H]2c2ccc3c(c2)OCCO3)cc1Br. The van der Waals surface area contributed by atoms with Crippen molar-refractivity contribution in [2.75, 3.05) is 26.9 Å². The zero-order valence-corrected chi connectivity index (χ0v) is 16.1. The number of nitrogens with zero attached hydrogens (tertiary/aromatic N) is 1. The molecule has 2 heterocycles. The molecule has 0 aromatic heterocycles. The number of amides is 1. The van der Waals surface area contributed by atoms with Crippen LogP contribution in [0.3, 0.4) is 0 Å². The molecule has 0 spiro atoms. The van der Waals surface area contributed by atoms with Gasteiger partial charge < -0.3 is 19.1 Å². The minimum absolute atomic E-state index is 0.0331. The fourth-order valence-corrected chi connectivity index (χ4v) is 4.13. The van der Waals surface area contributed by atoms with E-state index in [1.165, 1.54) is 0 Å². The van der Waals surface area contributed by atoms with Crippen molar-refractivity contribution in [3.05, 3.63) is 52.0 Å². The molecule has 0 aliphatic carbocycles. The highest BCUT2D eigenvalue weighted by Gasteiger charge is 2.31. The number of carbonyl (C=O) groups excluding carboxylic acids is 1. The third kappa shape index (κ3) is 3.14. The van der Waals surface area contributed by atoms with Crippen LogP contribution in [0.25, 0.3) is 0 Å².